The molecular formula is C20H29N. The van der Waals surface area contributed by atoms with Gasteiger partial charge in [-0.15, -0.1) is 0 Å². The molecule has 0 spiro atoms. The molecule has 114 valence electrons. The van der Waals surface area contributed by atoms with Crippen molar-refractivity contribution in [2.24, 2.45) is 16.7 Å². The van der Waals surface area contributed by atoms with Crippen molar-refractivity contribution in [1.29, 1.82) is 0 Å². The number of nitrogens with one attached hydrogen (secondary N) is 1. The second kappa shape index (κ2) is 4.90. The van der Waals surface area contributed by atoms with Crippen molar-refractivity contribution < 1.29 is 0 Å². The van der Waals surface area contributed by atoms with Crippen molar-refractivity contribution in [3.63, 3.8) is 0 Å². The molecule has 1 heterocycles. The lowest BCUT2D eigenvalue weighted by molar-refractivity contribution is 0.267. The summed E-state index contributed by atoms with van der Waals surface area (Å²) >= 11 is 0. The Bertz CT molecular complexity index is 565. The van der Waals surface area contributed by atoms with Gasteiger partial charge < -0.3 is 5.32 Å². The molecule has 0 radical (unpaired) electrons. The first-order valence-corrected chi connectivity index (χ1v) is 8.45. The first kappa shape index (κ1) is 14.7. The molecule has 1 nitrogen and oxygen atoms in total. The van der Waals surface area contributed by atoms with Gasteiger partial charge in [0.05, 0.1) is 0 Å². The predicted molar refractivity (Wildman–Crippen MR) is 90.7 cm³/mol. The minimum atomic E-state index is 0.245. The molecule has 0 aromatic rings. The van der Waals surface area contributed by atoms with Crippen LogP contribution in [0.1, 0.15) is 60.3 Å². The first-order valence-electron chi connectivity index (χ1n) is 8.45. The third-order valence-electron chi connectivity index (χ3n) is 5.84. The normalized spacial score (nSPS) is 32.0. The summed E-state index contributed by atoms with van der Waals surface area (Å²) in [5.41, 5.74) is 6.59. The molecule has 0 saturated heterocycles. The van der Waals surface area contributed by atoms with E-state index in [0.29, 0.717) is 11.3 Å². The van der Waals surface area contributed by atoms with Crippen LogP contribution in [0.5, 0.6) is 0 Å². The minimum absolute atomic E-state index is 0.245. The number of hydrogen-bond donors (Lipinski definition) is 1. The molecular weight excluding hydrogens is 254 g/mol. The zero-order chi connectivity index (χ0) is 15.3. The summed E-state index contributed by atoms with van der Waals surface area (Å²) in [7, 11) is 0. The molecule has 0 aromatic heterocycles. The van der Waals surface area contributed by atoms with E-state index in [2.05, 4.69) is 64.2 Å². The summed E-state index contributed by atoms with van der Waals surface area (Å²) in [5, 5.41) is 3.70. The van der Waals surface area contributed by atoms with E-state index in [1.165, 1.54) is 37.1 Å². The van der Waals surface area contributed by atoms with Gasteiger partial charge in [-0.25, -0.2) is 0 Å². The first-order chi connectivity index (χ1) is 9.86. The molecule has 0 aromatic carbocycles. The van der Waals surface area contributed by atoms with Crippen molar-refractivity contribution >= 4 is 0 Å². The summed E-state index contributed by atoms with van der Waals surface area (Å²) in [6.45, 7) is 11.9. The van der Waals surface area contributed by atoms with E-state index in [4.69, 9.17) is 0 Å². The van der Waals surface area contributed by atoms with E-state index >= 15 is 0 Å². The maximum atomic E-state index is 3.70. The van der Waals surface area contributed by atoms with Crippen LogP contribution in [0.25, 0.3) is 0 Å². The molecule has 2 aliphatic carbocycles. The third-order valence-corrected chi connectivity index (χ3v) is 5.84. The van der Waals surface area contributed by atoms with Gasteiger partial charge in [-0.2, -0.15) is 0 Å². The molecule has 1 heteroatoms. The molecule has 2 atom stereocenters. The lowest BCUT2D eigenvalue weighted by Crippen LogP contribution is -2.37. The molecule has 21 heavy (non-hydrogen) atoms. The van der Waals surface area contributed by atoms with E-state index in [0.717, 1.165) is 0 Å². The van der Waals surface area contributed by atoms with Crippen molar-refractivity contribution in [3.8, 4) is 0 Å². The van der Waals surface area contributed by atoms with Crippen LogP contribution in [0, 0.1) is 16.7 Å². The fraction of sp³-hybridized carbons (Fsp3) is 0.600. The van der Waals surface area contributed by atoms with Crippen LogP contribution in [0.2, 0.25) is 0 Å². The minimum Gasteiger partial charge on any atom is -0.356 e. The zero-order valence-electron chi connectivity index (χ0n) is 14.2. The average Bonchev–Trinajstić information content (AvgIpc) is 2.46. The summed E-state index contributed by atoms with van der Waals surface area (Å²) in [6.07, 6.45) is 14.2. The monoisotopic (exact) mass is 283 g/mol. The molecule has 3 rings (SSSR count). The molecule has 3 aliphatic rings. The van der Waals surface area contributed by atoms with Crippen molar-refractivity contribution in [2.75, 3.05) is 0 Å². The van der Waals surface area contributed by atoms with Crippen LogP contribution >= 0.6 is 0 Å². The van der Waals surface area contributed by atoms with Crippen LogP contribution in [0.15, 0.2) is 46.8 Å². The lowest BCUT2D eigenvalue weighted by atomic mass is 9.62. The maximum Gasteiger partial charge on any atom is 0.0382 e. The van der Waals surface area contributed by atoms with Crippen LogP contribution in [0.3, 0.4) is 0 Å². The topological polar surface area (TPSA) is 12.0 Å². The average molecular weight is 283 g/mol. The smallest absolute Gasteiger partial charge is 0.0382 e. The molecule has 0 saturated carbocycles. The number of hydrogen-bond acceptors (Lipinski definition) is 1. The SMILES string of the molecule is CCC1(C)C2=C(C=CCC2)NC2=C1CC(C(C)(C)C)C=C2. The van der Waals surface area contributed by atoms with Crippen molar-refractivity contribution in [2.45, 2.75) is 60.3 Å². The van der Waals surface area contributed by atoms with Gasteiger partial charge >= 0.3 is 0 Å². The van der Waals surface area contributed by atoms with E-state index in [1.807, 2.05) is 0 Å². The van der Waals surface area contributed by atoms with Gasteiger partial charge in [-0.1, -0.05) is 46.8 Å². The molecule has 0 amide bonds. The zero-order valence-corrected chi connectivity index (χ0v) is 14.2. The second-order valence-corrected chi connectivity index (χ2v) is 8.07. The number of dihydropyridines is 1. The molecule has 1 aliphatic heterocycles. The Balaban J connectivity index is 2.02. The highest BCUT2D eigenvalue weighted by Crippen LogP contribution is 2.52. The highest BCUT2D eigenvalue weighted by Gasteiger charge is 2.41. The quantitative estimate of drug-likeness (QED) is 0.671. The van der Waals surface area contributed by atoms with E-state index in [1.54, 1.807) is 11.1 Å². The standard InChI is InChI=1S/C20H29N/c1-6-20(5)15-9-7-8-10-17(15)21-18-12-11-14(13-16(18)20)19(2,3)4/h8,10-12,14,21H,6-7,9,13H2,1-5H3. The molecule has 0 fully saturated rings. The fourth-order valence-electron chi connectivity index (χ4n) is 4.05. The Labute approximate surface area is 129 Å². The molecule has 2 unspecified atom stereocenters. The Kier molecular flexibility index (Phi) is 3.43. The van der Waals surface area contributed by atoms with E-state index in [-0.39, 0.29) is 5.41 Å². The van der Waals surface area contributed by atoms with Crippen LogP contribution in [0.4, 0.5) is 0 Å². The van der Waals surface area contributed by atoms with E-state index < -0.39 is 0 Å². The Morgan fingerprint density at radius 2 is 1.90 bits per heavy atom. The van der Waals surface area contributed by atoms with Gasteiger partial charge in [-0.3, -0.25) is 0 Å². The highest BCUT2D eigenvalue weighted by molar-refractivity contribution is 5.50. The molecule has 1 N–H and O–H groups in total. The van der Waals surface area contributed by atoms with Crippen LogP contribution in [-0.4, -0.2) is 0 Å². The van der Waals surface area contributed by atoms with Gasteiger partial charge in [0.15, 0.2) is 0 Å². The number of rotatable bonds is 1. The highest BCUT2D eigenvalue weighted by atomic mass is 14.9. The Morgan fingerprint density at radius 1 is 1.19 bits per heavy atom. The summed E-state index contributed by atoms with van der Waals surface area (Å²) in [4.78, 5) is 0. The second-order valence-electron chi connectivity index (χ2n) is 8.07. The molecule has 0 bridgehead atoms. The Morgan fingerprint density at radius 3 is 2.57 bits per heavy atom. The van der Waals surface area contributed by atoms with E-state index in [9.17, 15) is 0 Å². The van der Waals surface area contributed by atoms with Gasteiger partial charge in [0, 0.05) is 16.8 Å². The number of allylic oxidation sites excluding steroid dienone is 6. The third kappa shape index (κ3) is 2.31. The Hall–Kier alpha value is -1.24. The predicted octanol–water partition coefficient (Wildman–Crippen LogP) is 5.49. The van der Waals surface area contributed by atoms with Gasteiger partial charge in [0.2, 0.25) is 0 Å². The fourth-order valence-corrected chi connectivity index (χ4v) is 4.05. The maximum absolute atomic E-state index is 3.70. The summed E-state index contributed by atoms with van der Waals surface area (Å²) in [6, 6.07) is 0. The largest absolute Gasteiger partial charge is 0.356 e. The van der Waals surface area contributed by atoms with Crippen molar-refractivity contribution in [3.05, 3.63) is 46.8 Å². The summed E-state index contributed by atoms with van der Waals surface area (Å²) < 4.78 is 0. The summed E-state index contributed by atoms with van der Waals surface area (Å²) in [5.74, 6) is 0.644. The van der Waals surface area contributed by atoms with Crippen LogP contribution in [-0.2, 0) is 0 Å². The van der Waals surface area contributed by atoms with Crippen molar-refractivity contribution in [1.82, 2.24) is 5.32 Å². The van der Waals surface area contributed by atoms with Gasteiger partial charge in [0.25, 0.3) is 0 Å². The lowest BCUT2D eigenvalue weighted by Gasteiger charge is -2.45. The van der Waals surface area contributed by atoms with Gasteiger partial charge in [0.1, 0.15) is 0 Å². The van der Waals surface area contributed by atoms with Crippen LogP contribution < -0.4 is 5.32 Å². The van der Waals surface area contributed by atoms with Gasteiger partial charge in [-0.05, 0) is 60.3 Å².